The van der Waals surface area contributed by atoms with E-state index in [1.54, 1.807) is 0 Å². The van der Waals surface area contributed by atoms with Crippen LogP contribution in [-0.4, -0.2) is 35.7 Å². The van der Waals surface area contributed by atoms with Crippen molar-refractivity contribution in [1.82, 2.24) is 5.32 Å². The molecule has 88 valence electrons. The van der Waals surface area contributed by atoms with Gasteiger partial charge in [0.1, 0.15) is 6.04 Å². The number of carbonyl (C=O) groups excluding carboxylic acids is 1. The van der Waals surface area contributed by atoms with E-state index in [2.05, 4.69) is 0 Å². The van der Waals surface area contributed by atoms with E-state index in [0.717, 1.165) is 0 Å². The maximum absolute atomic E-state index is 11.6. The zero-order valence-corrected chi connectivity index (χ0v) is 7.67. The highest BCUT2D eigenvalue weighted by molar-refractivity contribution is 5.78. The highest BCUT2D eigenvalue weighted by atomic mass is 19.4. The molecule has 0 aliphatic carbocycles. The number of carboxylic acid groups (broad SMARTS) is 1. The number of halogens is 3. The quantitative estimate of drug-likeness (QED) is 0.610. The molecule has 0 saturated carbocycles. The number of rotatable bonds is 5. The van der Waals surface area contributed by atoms with E-state index in [9.17, 15) is 22.8 Å². The van der Waals surface area contributed by atoms with Gasteiger partial charge in [-0.25, -0.2) is 0 Å². The van der Waals surface area contributed by atoms with Crippen molar-refractivity contribution >= 4 is 11.9 Å². The first-order valence-electron chi connectivity index (χ1n) is 4.04. The van der Waals surface area contributed by atoms with Crippen LogP contribution in [0.4, 0.5) is 13.2 Å². The average molecular weight is 228 g/mol. The van der Waals surface area contributed by atoms with Gasteiger partial charge in [-0.15, -0.1) is 0 Å². The molecule has 4 N–H and O–H groups in total. The monoisotopic (exact) mass is 228 g/mol. The van der Waals surface area contributed by atoms with Gasteiger partial charge < -0.3 is 16.2 Å². The summed E-state index contributed by atoms with van der Waals surface area (Å²) in [6.45, 7) is -0.383. The first-order valence-corrected chi connectivity index (χ1v) is 4.04. The SMILES string of the molecule is NC(CNC(=O)CCC(F)(F)F)C(=O)O. The fraction of sp³-hybridized carbons (Fsp3) is 0.714. The largest absolute Gasteiger partial charge is 0.480 e. The molecule has 0 aliphatic heterocycles. The fourth-order valence-electron chi connectivity index (χ4n) is 0.655. The predicted molar refractivity (Wildman–Crippen MR) is 43.9 cm³/mol. The number of nitrogens with one attached hydrogen (secondary N) is 1. The van der Waals surface area contributed by atoms with Gasteiger partial charge in [-0.05, 0) is 0 Å². The molecule has 0 bridgehead atoms. The van der Waals surface area contributed by atoms with Crippen molar-refractivity contribution in [3.8, 4) is 0 Å². The number of amides is 1. The van der Waals surface area contributed by atoms with Gasteiger partial charge in [-0.1, -0.05) is 0 Å². The van der Waals surface area contributed by atoms with Crippen LogP contribution >= 0.6 is 0 Å². The highest BCUT2D eigenvalue weighted by Crippen LogP contribution is 2.20. The molecule has 0 rings (SSSR count). The van der Waals surface area contributed by atoms with Crippen LogP contribution in [0, 0.1) is 0 Å². The molecule has 8 heteroatoms. The van der Waals surface area contributed by atoms with Crippen LogP contribution in [-0.2, 0) is 9.59 Å². The minimum absolute atomic E-state index is 0.383. The van der Waals surface area contributed by atoms with Crippen molar-refractivity contribution in [1.29, 1.82) is 0 Å². The predicted octanol–water partition coefficient (Wildman–Crippen LogP) is -0.143. The van der Waals surface area contributed by atoms with E-state index in [0.29, 0.717) is 0 Å². The van der Waals surface area contributed by atoms with Crippen molar-refractivity contribution in [2.75, 3.05) is 6.54 Å². The molecular formula is C7H11F3N2O3. The first-order chi connectivity index (χ1) is 6.72. The number of hydrogen-bond donors (Lipinski definition) is 3. The average Bonchev–Trinajstić information content (AvgIpc) is 2.09. The summed E-state index contributed by atoms with van der Waals surface area (Å²) in [5.41, 5.74) is 5.01. The molecule has 0 aromatic heterocycles. The number of carbonyl (C=O) groups is 2. The topological polar surface area (TPSA) is 92.4 Å². The zero-order valence-electron chi connectivity index (χ0n) is 7.67. The van der Waals surface area contributed by atoms with Crippen LogP contribution in [0.2, 0.25) is 0 Å². The van der Waals surface area contributed by atoms with Crippen LogP contribution in [0.5, 0.6) is 0 Å². The molecule has 0 spiro atoms. The maximum Gasteiger partial charge on any atom is 0.389 e. The Morgan fingerprint density at radius 3 is 2.33 bits per heavy atom. The summed E-state index contributed by atoms with van der Waals surface area (Å²) < 4.78 is 34.9. The lowest BCUT2D eigenvalue weighted by Gasteiger charge is -2.09. The summed E-state index contributed by atoms with van der Waals surface area (Å²) in [4.78, 5) is 20.9. The number of carboxylic acids is 1. The summed E-state index contributed by atoms with van der Waals surface area (Å²) in [5, 5.41) is 10.3. The van der Waals surface area contributed by atoms with Crippen molar-refractivity contribution in [2.45, 2.75) is 25.1 Å². The van der Waals surface area contributed by atoms with E-state index in [1.807, 2.05) is 5.32 Å². The normalized spacial score (nSPS) is 13.3. The van der Waals surface area contributed by atoms with Crippen molar-refractivity contribution in [2.24, 2.45) is 5.73 Å². The van der Waals surface area contributed by atoms with Gasteiger partial charge in [-0.3, -0.25) is 9.59 Å². The lowest BCUT2D eigenvalue weighted by Crippen LogP contribution is -2.42. The minimum atomic E-state index is -4.40. The Bertz CT molecular complexity index is 242. The lowest BCUT2D eigenvalue weighted by atomic mass is 10.2. The maximum atomic E-state index is 11.6. The minimum Gasteiger partial charge on any atom is -0.480 e. The first kappa shape index (κ1) is 13.7. The number of alkyl halides is 3. The Morgan fingerprint density at radius 2 is 1.93 bits per heavy atom. The lowest BCUT2D eigenvalue weighted by molar-refractivity contribution is -0.144. The molecule has 0 saturated heterocycles. The molecule has 0 aliphatic rings. The molecule has 0 fully saturated rings. The molecule has 1 amide bonds. The van der Waals surface area contributed by atoms with Crippen molar-refractivity contribution < 1.29 is 27.9 Å². The van der Waals surface area contributed by atoms with Crippen LogP contribution in [0.15, 0.2) is 0 Å². The Morgan fingerprint density at radius 1 is 1.40 bits per heavy atom. The number of aliphatic carboxylic acids is 1. The van der Waals surface area contributed by atoms with Gasteiger partial charge >= 0.3 is 12.1 Å². The van der Waals surface area contributed by atoms with E-state index >= 15 is 0 Å². The summed E-state index contributed by atoms with van der Waals surface area (Å²) in [7, 11) is 0. The third kappa shape index (κ3) is 7.74. The molecule has 1 atom stereocenters. The molecule has 0 aromatic rings. The van der Waals surface area contributed by atoms with Gasteiger partial charge in [0, 0.05) is 13.0 Å². The molecule has 1 unspecified atom stereocenters. The van der Waals surface area contributed by atoms with Crippen LogP contribution in [0.25, 0.3) is 0 Å². The molecule has 0 radical (unpaired) electrons. The summed E-state index contributed by atoms with van der Waals surface area (Å²) in [6, 6.07) is -1.31. The Kier molecular flexibility index (Phi) is 5.06. The smallest absolute Gasteiger partial charge is 0.389 e. The third-order valence-electron chi connectivity index (χ3n) is 1.47. The number of hydrogen-bond acceptors (Lipinski definition) is 3. The second kappa shape index (κ2) is 5.54. The zero-order chi connectivity index (χ0) is 12.1. The van der Waals surface area contributed by atoms with Gasteiger partial charge in [0.25, 0.3) is 0 Å². The molecule has 5 nitrogen and oxygen atoms in total. The standard InChI is InChI=1S/C7H11F3N2O3/c8-7(9,10)2-1-5(13)12-3-4(11)6(14)15/h4H,1-3,11H2,(H,12,13)(H,14,15). The Balaban J connectivity index is 3.72. The van der Waals surface area contributed by atoms with E-state index < -0.39 is 36.9 Å². The Labute approximate surface area is 83.4 Å². The third-order valence-corrected chi connectivity index (χ3v) is 1.47. The van der Waals surface area contributed by atoms with Gasteiger partial charge in [-0.2, -0.15) is 13.2 Å². The van der Waals surface area contributed by atoms with Gasteiger partial charge in [0.2, 0.25) is 5.91 Å². The summed E-state index contributed by atoms with van der Waals surface area (Å²) in [6.07, 6.45) is -6.36. The second-order valence-electron chi connectivity index (χ2n) is 2.86. The van der Waals surface area contributed by atoms with E-state index in [1.165, 1.54) is 0 Å². The molecule has 0 heterocycles. The number of nitrogens with two attached hydrogens (primary N) is 1. The molecule has 0 aromatic carbocycles. The second-order valence-corrected chi connectivity index (χ2v) is 2.86. The van der Waals surface area contributed by atoms with Crippen LogP contribution in [0.1, 0.15) is 12.8 Å². The summed E-state index contributed by atoms with van der Waals surface area (Å²) >= 11 is 0. The van der Waals surface area contributed by atoms with Gasteiger partial charge in [0.15, 0.2) is 0 Å². The van der Waals surface area contributed by atoms with Crippen molar-refractivity contribution in [3.63, 3.8) is 0 Å². The van der Waals surface area contributed by atoms with Crippen LogP contribution in [0.3, 0.4) is 0 Å². The highest BCUT2D eigenvalue weighted by Gasteiger charge is 2.27. The van der Waals surface area contributed by atoms with Crippen LogP contribution < -0.4 is 11.1 Å². The summed E-state index contributed by atoms with van der Waals surface area (Å²) in [5.74, 6) is -2.20. The van der Waals surface area contributed by atoms with E-state index in [-0.39, 0.29) is 6.54 Å². The molecular weight excluding hydrogens is 217 g/mol. The fourth-order valence-corrected chi connectivity index (χ4v) is 0.655. The Hall–Kier alpha value is -1.31. The van der Waals surface area contributed by atoms with E-state index in [4.69, 9.17) is 10.8 Å². The molecule has 15 heavy (non-hydrogen) atoms. The van der Waals surface area contributed by atoms with Gasteiger partial charge in [0.05, 0.1) is 6.42 Å². The van der Waals surface area contributed by atoms with Crippen molar-refractivity contribution in [3.05, 3.63) is 0 Å².